The van der Waals surface area contributed by atoms with Crippen LogP contribution in [0.2, 0.25) is 0 Å². The van der Waals surface area contributed by atoms with Crippen LogP contribution in [0.1, 0.15) is 64.7 Å². The summed E-state index contributed by atoms with van der Waals surface area (Å²) in [6.07, 6.45) is 9.97. The molecule has 2 unspecified atom stereocenters. The van der Waals surface area contributed by atoms with Gasteiger partial charge in [-0.3, -0.25) is 4.31 Å². The highest BCUT2D eigenvalue weighted by atomic mass is 35.5. The maximum Gasteiger partial charge on any atom is 0.318 e. The summed E-state index contributed by atoms with van der Waals surface area (Å²) in [6, 6.07) is 7.56. The average molecular weight is 513 g/mol. The molecule has 0 radical (unpaired) electrons. The number of nitrogens with zero attached hydrogens (tertiary/aromatic N) is 4. The minimum atomic E-state index is -1.44. The number of hydrogen-bond acceptors (Lipinski definition) is 5. The first-order chi connectivity index (χ1) is 16.5. The zero-order valence-corrected chi connectivity index (χ0v) is 22.0. The van der Waals surface area contributed by atoms with Gasteiger partial charge >= 0.3 is 17.0 Å². The maximum atomic E-state index is 13.1. The van der Waals surface area contributed by atoms with E-state index in [9.17, 15) is 9.42 Å². The smallest absolute Gasteiger partial charge is 0.318 e. The number of ether oxygens (including phenoxy) is 2. The SMILES string of the molecule is CCCCCCC1N(Cl)C2=CN(C)S(=O)N(CCCCCCOc3ccc(OC)cc3)C2=[N+]1[O-]. The molecular formula is C24H37ClN4O4S. The van der Waals surface area contributed by atoms with Crippen LogP contribution in [-0.2, 0) is 11.2 Å². The lowest BCUT2D eigenvalue weighted by Gasteiger charge is -2.26. The van der Waals surface area contributed by atoms with Gasteiger partial charge in [-0.25, -0.2) is 9.16 Å². The van der Waals surface area contributed by atoms with E-state index in [-0.39, 0.29) is 0 Å². The standard InChI is InChI=1S/C24H37ClN4O4S/c1-4-5-6-9-12-23-28(25)22-19-26(2)34(31)27(24(22)29(23)30)17-10-7-8-11-18-33-21-15-13-20(32-3)14-16-21/h13-16,19,23H,4-12,17-18H2,1-3H3. The molecule has 0 amide bonds. The van der Waals surface area contributed by atoms with Crippen LogP contribution in [0, 0.1) is 5.21 Å². The fraction of sp³-hybridized carbons (Fsp3) is 0.625. The van der Waals surface area contributed by atoms with Crippen molar-refractivity contribution in [1.29, 1.82) is 0 Å². The molecule has 0 saturated carbocycles. The third-order valence-electron chi connectivity index (χ3n) is 6.08. The minimum Gasteiger partial charge on any atom is -0.713 e. The molecule has 2 aliphatic rings. The molecule has 1 aromatic carbocycles. The molecule has 0 saturated heterocycles. The number of amidine groups is 1. The third-order valence-corrected chi connectivity index (χ3v) is 7.81. The van der Waals surface area contributed by atoms with Gasteiger partial charge in [0.05, 0.1) is 13.7 Å². The quantitative estimate of drug-likeness (QED) is 0.152. The summed E-state index contributed by atoms with van der Waals surface area (Å²) >= 11 is 5.12. The second-order valence-electron chi connectivity index (χ2n) is 8.62. The van der Waals surface area contributed by atoms with Crippen molar-refractivity contribution in [3.63, 3.8) is 0 Å². The van der Waals surface area contributed by atoms with Crippen molar-refractivity contribution in [2.24, 2.45) is 0 Å². The number of unbranched alkanes of at least 4 members (excludes halogenated alkanes) is 6. The van der Waals surface area contributed by atoms with Crippen molar-refractivity contribution in [3.8, 4) is 11.5 Å². The van der Waals surface area contributed by atoms with Crippen LogP contribution in [0.5, 0.6) is 11.5 Å². The van der Waals surface area contributed by atoms with Crippen LogP contribution in [-0.4, -0.2) is 61.3 Å². The van der Waals surface area contributed by atoms with E-state index in [1.165, 1.54) is 4.42 Å². The van der Waals surface area contributed by atoms with E-state index in [2.05, 4.69) is 6.92 Å². The van der Waals surface area contributed by atoms with Crippen molar-refractivity contribution >= 4 is 28.8 Å². The molecule has 190 valence electrons. The fourth-order valence-electron chi connectivity index (χ4n) is 4.14. The van der Waals surface area contributed by atoms with Crippen molar-refractivity contribution in [3.05, 3.63) is 41.4 Å². The Morgan fingerprint density at radius 2 is 1.74 bits per heavy atom. The summed E-state index contributed by atoms with van der Waals surface area (Å²) < 4.78 is 29.6. The monoisotopic (exact) mass is 512 g/mol. The lowest BCUT2D eigenvalue weighted by atomic mass is 10.1. The Morgan fingerprint density at radius 3 is 2.44 bits per heavy atom. The molecule has 0 fully saturated rings. The van der Waals surface area contributed by atoms with Crippen LogP contribution in [0.3, 0.4) is 0 Å². The van der Waals surface area contributed by atoms with E-state index >= 15 is 0 Å². The fourth-order valence-corrected chi connectivity index (χ4v) is 5.55. The molecule has 8 nitrogen and oxygen atoms in total. The van der Waals surface area contributed by atoms with Crippen LogP contribution in [0.25, 0.3) is 0 Å². The highest BCUT2D eigenvalue weighted by Gasteiger charge is 2.47. The Morgan fingerprint density at radius 1 is 1.06 bits per heavy atom. The third kappa shape index (κ3) is 6.50. The first-order valence-corrected chi connectivity index (χ1v) is 13.6. The van der Waals surface area contributed by atoms with Crippen LogP contribution in [0.4, 0.5) is 0 Å². The summed E-state index contributed by atoms with van der Waals surface area (Å²) in [7, 11) is 3.39. The molecule has 2 heterocycles. The molecule has 0 aliphatic carbocycles. The molecular weight excluding hydrogens is 476 g/mol. The molecule has 1 aromatic rings. The van der Waals surface area contributed by atoms with Gasteiger partial charge in [0, 0.05) is 31.4 Å². The molecule has 0 N–H and O–H groups in total. The van der Waals surface area contributed by atoms with Gasteiger partial charge in [0.25, 0.3) is 0 Å². The van der Waals surface area contributed by atoms with Crippen molar-refractivity contribution in [1.82, 2.24) is 13.0 Å². The Balaban J connectivity index is 1.47. The second-order valence-corrected chi connectivity index (χ2v) is 10.5. The topological polar surface area (TPSA) is 71.3 Å². The number of hydroxylamine groups is 1. The Labute approximate surface area is 211 Å². The van der Waals surface area contributed by atoms with Gasteiger partial charge < -0.3 is 14.7 Å². The number of rotatable bonds is 14. The average Bonchev–Trinajstić information content (AvgIpc) is 3.07. The zero-order chi connectivity index (χ0) is 24.5. The van der Waals surface area contributed by atoms with Gasteiger partial charge in [-0.05, 0) is 56.4 Å². The molecule has 10 heteroatoms. The molecule has 0 aromatic heterocycles. The number of fused-ring (bicyclic) bond motifs is 1. The van der Waals surface area contributed by atoms with E-state index < -0.39 is 17.3 Å². The van der Waals surface area contributed by atoms with E-state index in [0.717, 1.165) is 67.6 Å². The van der Waals surface area contributed by atoms with Crippen LogP contribution < -0.4 is 9.47 Å². The summed E-state index contributed by atoms with van der Waals surface area (Å²) in [4.78, 5) is 0. The normalized spacial score (nSPS) is 20.0. The van der Waals surface area contributed by atoms with Gasteiger partial charge in [-0.2, -0.15) is 8.51 Å². The predicted molar refractivity (Wildman–Crippen MR) is 137 cm³/mol. The molecule has 34 heavy (non-hydrogen) atoms. The van der Waals surface area contributed by atoms with E-state index in [4.69, 9.17) is 21.3 Å². The van der Waals surface area contributed by atoms with Gasteiger partial charge in [0.2, 0.25) is 0 Å². The van der Waals surface area contributed by atoms with Crippen LogP contribution in [0.15, 0.2) is 36.2 Å². The number of methoxy groups -OCH3 is 1. The minimum absolute atomic E-state index is 0.426. The summed E-state index contributed by atoms with van der Waals surface area (Å²) in [5.74, 6) is 2.06. The molecule has 0 spiro atoms. The van der Waals surface area contributed by atoms with Crippen molar-refractivity contribution in [2.75, 3.05) is 27.3 Å². The number of benzene rings is 1. The highest BCUT2D eigenvalue weighted by molar-refractivity contribution is 7.81. The van der Waals surface area contributed by atoms with Gasteiger partial charge in [-0.15, -0.1) is 0 Å². The molecule has 3 rings (SSSR count). The Kier molecular flexibility index (Phi) is 10.2. The molecule has 2 aliphatic heterocycles. The zero-order valence-electron chi connectivity index (χ0n) is 20.5. The van der Waals surface area contributed by atoms with Gasteiger partial charge in [-0.1, -0.05) is 26.2 Å². The highest BCUT2D eigenvalue weighted by Crippen LogP contribution is 2.32. The summed E-state index contributed by atoms with van der Waals surface area (Å²) in [5.41, 5.74) is 0.632. The van der Waals surface area contributed by atoms with Gasteiger partial charge in [0.1, 0.15) is 18.0 Å². The number of halogens is 1. The Hall–Kier alpha value is -2.13. The molecule has 2 atom stereocenters. The van der Waals surface area contributed by atoms with Crippen LogP contribution >= 0.6 is 11.8 Å². The van der Waals surface area contributed by atoms with E-state index in [1.54, 1.807) is 29.0 Å². The van der Waals surface area contributed by atoms with Crippen molar-refractivity contribution < 1.29 is 18.4 Å². The second kappa shape index (κ2) is 13.1. The first kappa shape index (κ1) is 26.5. The largest absolute Gasteiger partial charge is 0.713 e. The lowest BCUT2D eigenvalue weighted by molar-refractivity contribution is -0.513. The lowest BCUT2D eigenvalue weighted by Crippen LogP contribution is -2.46. The first-order valence-electron chi connectivity index (χ1n) is 12.2. The maximum absolute atomic E-state index is 13.1. The predicted octanol–water partition coefficient (Wildman–Crippen LogP) is 4.98. The van der Waals surface area contributed by atoms with E-state index in [1.807, 2.05) is 24.3 Å². The van der Waals surface area contributed by atoms with E-state index in [0.29, 0.717) is 31.1 Å². The van der Waals surface area contributed by atoms with Crippen molar-refractivity contribution in [2.45, 2.75) is 70.9 Å². The summed E-state index contributed by atoms with van der Waals surface area (Å²) in [6.45, 7) is 3.34. The Bertz CT molecular complexity index is 880. The van der Waals surface area contributed by atoms with Gasteiger partial charge in [0.15, 0.2) is 11.9 Å². The molecule has 0 bridgehead atoms. The summed E-state index contributed by atoms with van der Waals surface area (Å²) in [5, 5.41) is 13.1. The number of hydrogen-bond donors (Lipinski definition) is 0.